The molecule has 1 rings (SSSR count). The Labute approximate surface area is 95.6 Å². The van der Waals surface area contributed by atoms with Gasteiger partial charge in [-0.2, -0.15) is 0 Å². The van der Waals surface area contributed by atoms with Crippen molar-refractivity contribution in [1.82, 2.24) is 10.6 Å². The Hall–Kier alpha value is -1.10. The van der Waals surface area contributed by atoms with Gasteiger partial charge in [0.15, 0.2) is 0 Å². The third kappa shape index (κ3) is 2.72. The monoisotopic (exact) mass is 228 g/mol. The molecule has 0 aromatic carbocycles. The molecule has 1 saturated heterocycles. The van der Waals surface area contributed by atoms with Gasteiger partial charge in [0, 0.05) is 6.54 Å². The lowest BCUT2D eigenvalue weighted by molar-refractivity contribution is -0.148. The lowest BCUT2D eigenvalue weighted by Crippen LogP contribution is -2.57. The van der Waals surface area contributed by atoms with Crippen molar-refractivity contribution in [2.24, 2.45) is 5.41 Å². The van der Waals surface area contributed by atoms with Crippen molar-refractivity contribution in [2.45, 2.75) is 39.2 Å². The zero-order valence-electron chi connectivity index (χ0n) is 10.1. The first-order valence-corrected chi connectivity index (χ1v) is 5.55. The van der Waals surface area contributed by atoms with Crippen LogP contribution in [0, 0.1) is 5.41 Å². The second-order valence-corrected chi connectivity index (χ2v) is 5.23. The minimum absolute atomic E-state index is 0.188. The van der Waals surface area contributed by atoms with Crippen molar-refractivity contribution < 1.29 is 14.7 Å². The highest BCUT2D eigenvalue weighted by molar-refractivity contribution is 5.89. The zero-order chi connectivity index (χ0) is 12.4. The van der Waals surface area contributed by atoms with Crippen LogP contribution in [-0.4, -0.2) is 35.6 Å². The van der Waals surface area contributed by atoms with Crippen LogP contribution in [0.15, 0.2) is 0 Å². The molecule has 0 radical (unpaired) electrons. The highest BCUT2D eigenvalue weighted by Crippen LogP contribution is 2.26. The van der Waals surface area contributed by atoms with Crippen LogP contribution in [0.2, 0.25) is 0 Å². The Kier molecular flexibility index (Phi) is 3.57. The fourth-order valence-corrected chi connectivity index (χ4v) is 1.74. The van der Waals surface area contributed by atoms with Gasteiger partial charge in [-0.3, -0.25) is 4.79 Å². The van der Waals surface area contributed by atoms with Gasteiger partial charge in [-0.15, -0.1) is 0 Å². The van der Waals surface area contributed by atoms with Crippen LogP contribution in [-0.2, 0) is 9.59 Å². The van der Waals surface area contributed by atoms with Gasteiger partial charge in [0.1, 0.15) is 5.54 Å². The smallest absolute Gasteiger partial charge is 0.328 e. The van der Waals surface area contributed by atoms with Gasteiger partial charge in [0.2, 0.25) is 5.91 Å². The maximum atomic E-state index is 12.0. The fraction of sp³-hybridized carbons (Fsp3) is 0.818. The van der Waals surface area contributed by atoms with E-state index in [2.05, 4.69) is 10.6 Å². The van der Waals surface area contributed by atoms with Crippen LogP contribution in [0.4, 0.5) is 0 Å². The second-order valence-electron chi connectivity index (χ2n) is 5.23. The molecule has 0 bridgehead atoms. The number of amides is 1. The highest BCUT2D eigenvalue weighted by atomic mass is 16.4. The first kappa shape index (κ1) is 13.0. The maximum Gasteiger partial charge on any atom is 0.328 e. The number of aliphatic carboxylic acids is 1. The minimum atomic E-state index is -1.21. The quantitative estimate of drug-likeness (QED) is 0.651. The summed E-state index contributed by atoms with van der Waals surface area (Å²) >= 11 is 0. The Morgan fingerprint density at radius 2 is 2.06 bits per heavy atom. The molecule has 1 amide bonds. The lowest BCUT2D eigenvalue weighted by atomic mass is 9.81. The molecule has 92 valence electrons. The molecule has 16 heavy (non-hydrogen) atoms. The van der Waals surface area contributed by atoms with E-state index in [1.165, 1.54) is 13.8 Å². The molecule has 1 fully saturated rings. The van der Waals surface area contributed by atoms with Gasteiger partial charge in [0.25, 0.3) is 0 Å². The Balaban J connectivity index is 2.67. The van der Waals surface area contributed by atoms with Crippen LogP contribution in [0.1, 0.15) is 33.6 Å². The molecule has 1 aliphatic rings. The Bertz CT molecular complexity index is 294. The summed E-state index contributed by atoms with van der Waals surface area (Å²) in [4.78, 5) is 22.9. The number of carbonyl (C=O) groups excluding carboxylic acids is 1. The molecule has 5 nitrogen and oxygen atoms in total. The summed E-state index contributed by atoms with van der Waals surface area (Å²) in [6.07, 6.45) is 1.74. The summed E-state index contributed by atoms with van der Waals surface area (Å²) in [7, 11) is 0. The Morgan fingerprint density at radius 3 is 2.50 bits per heavy atom. The van der Waals surface area contributed by atoms with Crippen molar-refractivity contribution in [3.8, 4) is 0 Å². The summed E-state index contributed by atoms with van der Waals surface area (Å²) in [6, 6.07) is 0. The van der Waals surface area contributed by atoms with E-state index in [-0.39, 0.29) is 5.91 Å². The molecule has 0 aromatic heterocycles. The van der Waals surface area contributed by atoms with Gasteiger partial charge < -0.3 is 15.7 Å². The molecule has 3 N–H and O–H groups in total. The van der Waals surface area contributed by atoms with Crippen LogP contribution < -0.4 is 10.6 Å². The van der Waals surface area contributed by atoms with Crippen molar-refractivity contribution in [3.63, 3.8) is 0 Å². The van der Waals surface area contributed by atoms with E-state index in [1.54, 1.807) is 0 Å². The number of hydrogen-bond donors (Lipinski definition) is 3. The fourth-order valence-electron chi connectivity index (χ4n) is 1.74. The zero-order valence-corrected chi connectivity index (χ0v) is 10.1. The highest BCUT2D eigenvalue weighted by Gasteiger charge is 2.39. The normalized spacial score (nSPS) is 26.2. The molecule has 1 aliphatic heterocycles. The molecule has 0 saturated carbocycles. The standard InChI is InChI=1S/C11H20N2O3/c1-10(2,9(15)16)13-8(14)11(3)5-4-6-12-7-11/h12H,4-7H2,1-3H3,(H,13,14)(H,15,16). The number of carboxylic acid groups (broad SMARTS) is 1. The Morgan fingerprint density at radius 1 is 1.44 bits per heavy atom. The van der Waals surface area contributed by atoms with Crippen molar-refractivity contribution >= 4 is 11.9 Å². The van der Waals surface area contributed by atoms with E-state index in [0.29, 0.717) is 6.54 Å². The predicted octanol–water partition coefficient (Wildman–Crippen LogP) is 0.356. The molecule has 0 spiro atoms. The van der Waals surface area contributed by atoms with Crippen LogP contribution in [0.3, 0.4) is 0 Å². The number of rotatable bonds is 3. The number of carboxylic acids is 1. The molecule has 1 atom stereocenters. The van der Waals surface area contributed by atoms with Crippen LogP contribution in [0.5, 0.6) is 0 Å². The van der Waals surface area contributed by atoms with Crippen LogP contribution >= 0.6 is 0 Å². The van der Waals surface area contributed by atoms with E-state index < -0.39 is 16.9 Å². The summed E-state index contributed by atoms with van der Waals surface area (Å²) in [5, 5.41) is 14.7. The van der Waals surface area contributed by atoms with Gasteiger partial charge >= 0.3 is 5.97 Å². The summed E-state index contributed by atoms with van der Waals surface area (Å²) in [5.41, 5.74) is -1.71. The summed E-state index contributed by atoms with van der Waals surface area (Å²) in [5.74, 6) is -1.21. The molecule has 0 aromatic rings. The minimum Gasteiger partial charge on any atom is -0.480 e. The topological polar surface area (TPSA) is 78.4 Å². The van der Waals surface area contributed by atoms with Crippen molar-refractivity contribution in [1.29, 1.82) is 0 Å². The summed E-state index contributed by atoms with van der Waals surface area (Å²) in [6.45, 7) is 6.38. The number of piperidine rings is 1. The molecular formula is C11H20N2O3. The number of hydrogen-bond acceptors (Lipinski definition) is 3. The van der Waals surface area contributed by atoms with E-state index in [0.717, 1.165) is 19.4 Å². The van der Waals surface area contributed by atoms with E-state index >= 15 is 0 Å². The van der Waals surface area contributed by atoms with Crippen molar-refractivity contribution in [3.05, 3.63) is 0 Å². The molecule has 5 heteroatoms. The predicted molar refractivity (Wildman–Crippen MR) is 60.1 cm³/mol. The largest absolute Gasteiger partial charge is 0.480 e. The third-order valence-corrected chi connectivity index (χ3v) is 3.11. The van der Waals surface area contributed by atoms with Crippen LogP contribution in [0.25, 0.3) is 0 Å². The first-order valence-electron chi connectivity index (χ1n) is 5.55. The van der Waals surface area contributed by atoms with Gasteiger partial charge in [-0.25, -0.2) is 4.79 Å². The van der Waals surface area contributed by atoms with Gasteiger partial charge in [-0.1, -0.05) is 0 Å². The second kappa shape index (κ2) is 4.41. The molecule has 1 heterocycles. The van der Waals surface area contributed by atoms with Gasteiger partial charge in [0.05, 0.1) is 5.41 Å². The number of carbonyl (C=O) groups is 2. The lowest BCUT2D eigenvalue weighted by Gasteiger charge is -2.35. The number of nitrogens with one attached hydrogen (secondary N) is 2. The third-order valence-electron chi connectivity index (χ3n) is 3.11. The maximum absolute atomic E-state index is 12.0. The molecule has 1 unspecified atom stereocenters. The van der Waals surface area contributed by atoms with E-state index in [4.69, 9.17) is 5.11 Å². The van der Waals surface area contributed by atoms with Gasteiger partial charge in [-0.05, 0) is 40.2 Å². The van der Waals surface area contributed by atoms with E-state index in [1.807, 2.05) is 6.92 Å². The molecule has 0 aliphatic carbocycles. The van der Waals surface area contributed by atoms with E-state index in [9.17, 15) is 9.59 Å². The first-order chi connectivity index (χ1) is 7.28. The average molecular weight is 228 g/mol. The SMILES string of the molecule is CC1(C(=O)NC(C)(C)C(=O)O)CCCNC1. The average Bonchev–Trinajstić information content (AvgIpc) is 2.18. The summed E-state index contributed by atoms with van der Waals surface area (Å²) < 4.78 is 0. The molecular weight excluding hydrogens is 208 g/mol. The van der Waals surface area contributed by atoms with Crippen molar-refractivity contribution in [2.75, 3.05) is 13.1 Å².